The van der Waals surface area contributed by atoms with E-state index in [1.807, 2.05) is 27.7 Å². The second-order valence-electron chi connectivity index (χ2n) is 9.16. The largest absolute Gasteiger partial charge is 0.497 e. The fraction of sp³-hybridized carbons (Fsp3) is 0.625. The molecular weight excluding hydrogens is 424 g/mol. The number of rotatable bonds is 6. The minimum atomic E-state index is -0.0218. The van der Waals surface area contributed by atoms with Gasteiger partial charge in [-0.05, 0) is 43.7 Å². The predicted molar refractivity (Wildman–Crippen MR) is 124 cm³/mol. The van der Waals surface area contributed by atoms with Gasteiger partial charge in [0.2, 0.25) is 11.8 Å². The van der Waals surface area contributed by atoms with Crippen LogP contribution in [0.1, 0.15) is 25.7 Å². The average molecular weight is 459 g/mol. The third-order valence-corrected chi connectivity index (χ3v) is 7.20. The smallest absolute Gasteiger partial charge is 0.328 e. The first-order chi connectivity index (χ1) is 15.9. The Hall–Kier alpha value is -2.81. The zero-order valence-corrected chi connectivity index (χ0v) is 19.8. The van der Waals surface area contributed by atoms with Crippen molar-refractivity contribution in [1.82, 2.24) is 18.9 Å². The Morgan fingerprint density at radius 2 is 1.64 bits per heavy atom. The van der Waals surface area contributed by atoms with Gasteiger partial charge in [0.25, 0.3) is 0 Å². The van der Waals surface area contributed by atoms with Gasteiger partial charge in [-0.1, -0.05) is 0 Å². The number of piperazine rings is 1. The van der Waals surface area contributed by atoms with Crippen molar-refractivity contribution in [3.8, 4) is 5.75 Å². The average Bonchev–Trinajstić information content (AvgIpc) is 3.08. The summed E-state index contributed by atoms with van der Waals surface area (Å²) in [6, 6.07) is 5.71. The van der Waals surface area contributed by atoms with Gasteiger partial charge in [-0.3, -0.25) is 18.7 Å². The number of methoxy groups -OCH3 is 2. The molecule has 2 fully saturated rings. The molecule has 0 radical (unpaired) electrons. The molecule has 1 saturated carbocycles. The molecule has 1 aromatic carbocycles. The van der Waals surface area contributed by atoms with Crippen LogP contribution in [0.4, 0.5) is 0 Å². The van der Waals surface area contributed by atoms with Crippen LogP contribution in [0.15, 0.2) is 23.0 Å². The molecule has 1 saturated heterocycles. The van der Waals surface area contributed by atoms with E-state index in [0.717, 1.165) is 42.5 Å². The predicted octanol–water partition coefficient (Wildman–Crippen LogP) is 1.47. The molecule has 1 aliphatic heterocycles. The molecule has 33 heavy (non-hydrogen) atoms. The van der Waals surface area contributed by atoms with E-state index in [1.165, 1.54) is 7.11 Å². The first kappa shape index (κ1) is 23.4. The number of ether oxygens (including phenoxy) is 2. The van der Waals surface area contributed by atoms with E-state index >= 15 is 0 Å². The summed E-state index contributed by atoms with van der Waals surface area (Å²) in [6.07, 6.45) is 3.54. The van der Waals surface area contributed by atoms with Crippen molar-refractivity contribution >= 4 is 22.8 Å². The number of hydrogen-bond acceptors (Lipinski definition) is 5. The highest BCUT2D eigenvalue weighted by atomic mass is 16.5. The maximum atomic E-state index is 13.0. The normalized spacial score (nSPS) is 21.4. The summed E-state index contributed by atoms with van der Waals surface area (Å²) in [7, 11) is 4.94. The number of hydrogen-bond donors (Lipinski definition) is 0. The number of aromatic nitrogens is 2. The number of nitrogens with zero attached hydrogens (tertiary/aromatic N) is 4. The summed E-state index contributed by atoms with van der Waals surface area (Å²) >= 11 is 0. The molecule has 9 heteroatoms. The van der Waals surface area contributed by atoms with Crippen LogP contribution in [0.5, 0.6) is 5.75 Å². The van der Waals surface area contributed by atoms with Crippen molar-refractivity contribution in [3.05, 3.63) is 28.7 Å². The minimum absolute atomic E-state index is 0.0163. The van der Waals surface area contributed by atoms with Crippen LogP contribution in [-0.4, -0.2) is 77.8 Å². The molecule has 1 aliphatic carbocycles. The quantitative estimate of drug-likeness (QED) is 0.655. The van der Waals surface area contributed by atoms with Gasteiger partial charge in [0.05, 0.1) is 18.1 Å². The van der Waals surface area contributed by atoms with Gasteiger partial charge >= 0.3 is 5.69 Å². The molecule has 180 valence electrons. The number of benzene rings is 1. The Balaban J connectivity index is 1.34. The summed E-state index contributed by atoms with van der Waals surface area (Å²) in [6.45, 7) is 3.05. The van der Waals surface area contributed by atoms with Gasteiger partial charge in [0.15, 0.2) is 0 Å². The van der Waals surface area contributed by atoms with Gasteiger partial charge in [-0.15, -0.1) is 0 Å². The van der Waals surface area contributed by atoms with E-state index < -0.39 is 0 Å². The third-order valence-electron chi connectivity index (χ3n) is 7.20. The minimum Gasteiger partial charge on any atom is -0.497 e. The number of fused-ring (bicyclic) bond motifs is 1. The summed E-state index contributed by atoms with van der Waals surface area (Å²) in [5.41, 5.74) is 1.77. The highest BCUT2D eigenvalue weighted by Gasteiger charge is 2.32. The zero-order valence-electron chi connectivity index (χ0n) is 19.8. The Kier molecular flexibility index (Phi) is 7.07. The van der Waals surface area contributed by atoms with Crippen LogP contribution in [0.2, 0.25) is 0 Å². The van der Waals surface area contributed by atoms with Crippen LogP contribution in [-0.2, 0) is 27.9 Å². The Morgan fingerprint density at radius 1 is 0.970 bits per heavy atom. The Morgan fingerprint density at radius 3 is 2.27 bits per heavy atom. The van der Waals surface area contributed by atoms with Crippen molar-refractivity contribution in [2.24, 2.45) is 18.9 Å². The third kappa shape index (κ3) is 4.78. The summed E-state index contributed by atoms with van der Waals surface area (Å²) < 4.78 is 13.8. The van der Waals surface area contributed by atoms with Crippen LogP contribution in [0.25, 0.3) is 11.0 Å². The molecule has 0 N–H and O–H groups in total. The second-order valence-corrected chi connectivity index (χ2v) is 9.16. The molecule has 2 heterocycles. The lowest BCUT2D eigenvalue weighted by atomic mass is 9.81. The van der Waals surface area contributed by atoms with E-state index in [1.54, 1.807) is 23.6 Å². The molecule has 0 bridgehead atoms. The highest BCUT2D eigenvalue weighted by Crippen LogP contribution is 2.32. The number of imidazole rings is 1. The maximum Gasteiger partial charge on any atom is 0.328 e. The van der Waals surface area contributed by atoms with Crippen molar-refractivity contribution in [2.75, 3.05) is 47.0 Å². The van der Waals surface area contributed by atoms with Crippen LogP contribution in [0.3, 0.4) is 0 Å². The number of carbonyl (C=O) groups excluding carboxylic acids is 2. The topological polar surface area (TPSA) is 86.0 Å². The van der Waals surface area contributed by atoms with E-state index in [4.69, 9.17) is 9.47 Å². The monoisotopic (exact) mass is 458 g/mol. The second kappa shape index (κ2) is 9.99. The molecule has 0 atom stereocenters. The van der Waals surface area contributed by atoms with E-state index in [9.17, 15) is 14.4 Å². The molecule has 1 aromatic heterocycles. The summed E-state index contributed by atoms with van der Waals surface area (Å²) in [5, 5.41) is 0. The lowest BCUT2D eigenvalue weighted by molar-refractivity contribution is -0.144. The fourth-order valence-corrected chi connectivity index (χ4v) is 5.19. The van der Waals surface area contributed by atoms with Crippen LogP contribution in [0, 0.1) is 11.8 Å². The van der Waals surface area contributed by atoms with Gasteiger partial charge in [-0.2, -0.15) is 0 Å². The SMILES string of the molecule is COCC(=O)N1CCN(C(=O)[C@H]2CC[C@H](Cn3c(=O)n(C)c4ccc(OC)cc43)CC2)CC1. The lowest BCUT2D eigenvalue weighted by Gasteiger charge is -2.38. The van der Waals surface area contributed by atoms with Crippen molar-refractivity contribution < 1.29 is 19.1 Å². The lowest BCUT2D eigenvalue weighted by Crippen LogP contribution is -2.52. The highest BCUT2D eigenvalue weighted by molar-refractivity contribution is 5.80. The number of aryl methyl sites for hydroxylation is 1. The first-order valence-electron chi connectivity index (χ1n) is 11.7. The fourth-order valence-electron chi connectivity index (χ4n) is 5.19. The van der Waals surface area contributed by atoms with Gasteiger partial charge in [0, 0.05) is 58.9 Å². The van der Waals surface area contributed by atoms with Crippen LogP contribution >= 0.6 is 0 Å². The van der Waals surface area contributed by atoms with Gasteiger partial charge in [-0.25, -0.2) is 4.79 Å². The summed E-state index contributed by atoms with van der Waals surface area (Å²) in [5.74, 6) is 1.32. The van der Waals surface area contributed by atoms with E-state index in [-0.39, 0.29) is 30.0 Å². The van der Waals surface area contributed by atoms with Gasteiger partial charge in [0.1, 0.15) is 12.4 Å². The molecule has 2 amide bonds. The van der Waals surface area contributed by atoms with E-state index in [0.29, 0.717) is 38.6 Å². The first-order valence-corrected chi connectivity index (χ1v) is 11.7. The molecule has 9 nitrogen and oxygen atoms in total. The van der Waals surface area contributed by atoms with Crippen LogP contribution < -0.4 is 10.4 Å². The van der Waals surface area contributed by atoms with Crippen molar-refractivity contribution in [1.29, 1.82) is 0 Å². The molecule has 4 rings (SSSR count). The van der Waals surface area contributed by atoms with Crippen molar-refractivity contribution in [2.45, 2.75) is 32.2 Å². The molecule has 2 aromatic rings. The summed E-state index contributed by atoms with van der Waals surface area (Å²) in [4.78, 5) is 41.5. The molecule has 2 aliphatic rings. The Labute approximate surface area is 193 Å². The standard InChI is InChI=1S/C24H34N4O5/c1-25-20-9-8-19(33-3)14-21(20)28(24(25)31)15-17-4-6-18(7-5-17)23(30)27-12-10-26(11-13-27)22(29)16-32-2/h8-9,14,17-18H,4-7,10-13,15-16H2,1-3H3/t17-,18-. The van der Waals surface area contributed by atoms with Gasteiger partial charge < -0.3 is 19.3 Å². The maximum absolute atomic E-state index is 13.0. The number of carbonyl (C=O) groups is 2. The molecule has 0 unspecified atom stereocenters. The van der Waals surface area contributed by atoms with E-state index in [2.05, 4.69) is 0 Å². The zero-order chi connectivity index (χ0) is 23.5. The van der Waals surface area contributed by atoms with Crippen molar-refractivity contribution in [3.63, 3.8) is 0 Å². The number of amides is 2. The molecule has 0 spiro atoms. The molecular formula is C24H34N4O5. The Bertz CT molecular complexity index is 1060.